The van der Waals surface area contributed by atoms with Crippen molar-refractivity contribution in [2.24, 2.45) is 5.92 Å². The smallest absolute Gasteiger partial charge is 0.410 e. The van der Waals surface area contributed by atoms with Crippen molar-refractivity contribution in [3.63, 3.8) is 0 Å². The quantitative estimate of drug-likeness (QED) is 0.164. The van der Waals surface area contributed by atoms with Gasteiger partial charge in [-0.05, 0) is 82.6 Å². The number of nitrogens with zero attached hydrogens (tertiary/aromatic N) is 7. The Labute approximate surface area is 274 Å². The minimum Gasteiger partial charge on any atom is -0.444 e. The second kappa shape index (κ2) is 12.4. The van der Waals surface area contributed by atoms with Gasteiger partial charge in [-0.1, -0.05) is 39.8 Å². The highest BCUT2D eigenvalue weighted by atomic mass is 79.9. The number of benzene rings is 1. The van der Waals surface area contributed by atoms with Crippen LogP contribution in [0.4, 0.5) is 4.79 Å². The van der Waals surface area contributed by atoms with Gasteiger partial charge in [-0.15, -0.1) is 10.2 Å². The highest BCUT2D eigenvalue weighted by molar-refractivity contribution is 9.10. The second-order valence-electron chi connectivity index (χ2n) is 13.2. The topological polar surface area (TPSA) is 99.7 Å². The van der Waals surface area contributed by atoms with Crippen molar-refractivity contribution in [1.82, 2.24) is 34.3 Å². The number of hydrogen-bond acceptors (Lipinski definition) is 8. The molecule has 2 fully saturated rings. The molecule has 12 heteroatoms. The molecule has 1 aliphatic heterocycles. The fourth-order valence-corrected chi connectivity index (χ4v) is 7.36. The standard InChI is InChI=1S/C33H38BrN7O3S/c1-33(2,3)44-32(42)40(17-21-7-6-8-21)19-22-10-11-28-36-24(20-39(28)18-22)15-29-37-38-31(45-29)25-13-23(34)14-27-26(25)16-35-41(27)30-9-4-5-12-43-30/h10-11,13-14,16,18,20-21,30H,4-9,12,15,17,19H2,1-3H3. The number of rotatable bonds is 8. The molecule has 0 radical (unpaired) electrons. The molecule has 1 amide bonds. The summed E-state index contributed by atoms with van der Waals surface area (Å²) in [6.07, 6.45) is 13.1. The highest BCUT2D eigenvalue weighted by Gasteiger charge is 2.28. The zero-order valence-corrected chi connectivity index (χ0v) is 28.3. The molecule has 236 valence electrons. The maximum atomic E-state index is 13.0. The first-order valence-corrected chi connectivity index (χ1v) is 17.3. The van der Waals surface area contributed by atoms with Crippen molar-refractivity contribution in [2.45, 2.75) is 84.1 Å². The lowest BCUT2D eigenvalue weighted by Crippen LogP contribution is -2.40. The molecule has 0 spiro atoms. The molecule has 4 aromatic heterocycles. The molecule has 1 saturated carbocycles. The summed E-state index contributed by atoms with van der Waals surface area (Å²) < 4.78 is 16.7. The van der Waals surface area contributed by atoms with E-state index >= 15 is 0 Å². The molecule has 0 bridgehead atoms. The number of halogens is 1. The van der Waals surface area contributed by atoms with Crippen molar-refractivity contribution in [1.29, 1.82) is 0 Å². The van der Waals surface area contributed by atoms with Gasteiger partial charge in [0.05, 0.1) is 24.0 Å². The van der Waals surface area contributed by atoms with E-state index in [1.54, 1.807) is 11.3 Å². The van der Waals surface area contributed by atoms with Crippen molar-refractivity contribution in [2.75, 3.05) is 13.2 Å². The van der Waals surface area contributed by atoms with Crippen LogP contribution < -0.4 is 0 Å². The zero-order valence-electron chi connectivity index (χ0n) is 25.9. The van der Waals surface area contributed by atoms with Crippen LogP contribution in [0.1, 0.15) is 81.8 Å². The Morgan fingerprint density at radius 1 is 1.13 bits per heavy atom. The number of amides is 1. The van der Waals surface area contributed by atoms with E-state index in [1.165, 1.54) is 19.3 Å². The first-order valence-electron chi connectivity index (χ1n) is 15.7. The minimum absolute atomic E-state index is 0.0397. The summed E-state index contributed by atoms with van der Waals surface area (Å²) in [5.74, 6) is 0.549. The van der Waals surface area contributed by atoms with E-state index in [1.807, 2.05) is 59.3 Å². The van der Waals surface area contributed by atoms with Gasteiger partial charge in [0, 0.05) is 47.4 Å². The predicted octanol–water partition coefficient (Wildman–Crippen LogP) is 7.79. The van der Waals surface area contributed by atoms with Crippen LogP contribution >= 0.6 is 27.3 Å². The Kier molecular flexibility index (Phi) is 8.39. The van der Waals surface area contributed by atoms with Gasteiger partial charge in [0.15, 0.2) is 6.23 Å². The molecule has 1 saturated heterocycles. The molecule has 7 rings (SSSR count). The van der Waals surface area contributed by atoms with Crippen LogP contribution in [0.25, 0.3) is 27.1 Å². The molecular weight excluding hydrogens is 654 g/mol. The number of carbonyl (C=O) groups excluding carboxylic acids is 1. The fraction of sp³-hybridized carbons (Fsp3) is 0.485. The summed E-state index contributed by atoms with van der Waals surface area (Å²) >= 11 is 5.27. The Balaban J connectivity index is 1.08. The Hall–Kier alpha value is -3.35. The van der Waals surface area contributed by atoms with Crippen LogP contribution in [-0.4, -0.2) is 59.1 Å². The van der Waals surface area contributed by atoms with Crippen molar-refractivity contribution in [3.05, 3.63) is 63.6 Å². The summed E-state index contributed by atoms with van der Waals surface area (Å²) in [7, 11) is 0. The maximum absolute atomic E-state index is 13.0. The normalized spacial score (nSPS) is 17.6. The summed E-state index contributed by atoms with van der Waals surface area (Å²) in [5.41, 5.74) is 4.30. The maximum Gasteiger partial charge on any atom is 0.410 e. The summed E-state index contributed by atoms with van der Waals surface area (Å²) in [4.78, 5) is 19.7. The SMILES string of the molecule is CC(C)(C)OC(=O)N(Cc1ccc2nc(Cc3nnc(-c4cc(Br)cc5c4cnn5C4CCCCO4)s3)cn2c1)CC1CCC1. The lowest BCUT2D eigenvalue weighted by atomic mass is 9.85. The first kappa shape index (κ1) is 30.3. The molecule has 0 N–H and O–H groups in total. The number of ether oxygens (including phenoxy) is 2. The molecular formula is C33H38BrN7O3S. The van der Waals surface area contributed by atoms with Crippen LogP contribution in [0.3, 0.4) is 0 Å². The van der Waals surface area contributed by atoms with Crippen LogP contribution in [0.2, 0.25) is 0 Å². The van der Waals surface area contributed by atoms with E-state index in [0.717, 1.165) is 80.3 Å². The average molecular weight is 693 g/mol. The van der Waals surface area contributed by atoms with Gasteiger partial charge in [0.25, 0.3) is 0 Å². The minimum atomic E-state index is -0.530. The van der Waals surface area contributed by atoms with Crippen LogP contribution in [0.15, 0.2) is 47.3 Å². The summed E-state index contributed by atoms with van der Waals surface area (Å²) in [6, 6.07) is 8.23. The van der Waals surface area contributed by atoms with E-state index in [9.17, 15) is 4.79 Å². The van der Waals surface area contributed by atoms with Gasteiger partial charge in [-0.3, -0.25) is 0 Å². The third-order valence-electron chi connectivity index (χ3n) is 8.43. The number of aromatic nitrogens is 6. The second-order valence-corrected chi connectivity index (χ2v) is 15.1. The van der Waals surface area contributed by atoms with Crippen LogP contribution in [0.5, 0.6) is 0 Å². The number of hydrogen-bond donors (Lipinski definition) is 0. The van der Waals surface area contributed by atoms with Crippen LogP contribution in [0, 0.1) is 5.92 Å². The van der Waals surface area contributed by atoms with Gasteiger partial charge >= 0.3 is 6.09 Å². The summed E-state index contributed by atoms with van der Waals surface area (Å²) in [5, 5.41) is 16.6. The third-order valence-corrected chi connectivity index (χ3v) is 9.84. The Bertz CT molecular complexity index is 1830. The molecule has 1 unspecified atom stereocenters. The van der Waals surface area contributed by atoms with E-state index in [-0.39, 0.29) is 12.3 Å². The van der Waals surface area contributed by atoms with Gasteiger partial charge < -0.3 is 18.8 Å². The molecule has 1 aromatic carbocycles. The number of fused-ring (bicyclic) bond motifs is 2. The van der Waals surface area contributed by atoms with Gasteiger partial charge in [0.1, 0.15) is 21.3 Å². The van der Waals surface area contributed by atoms with Gasteiger partial charge in [-0.2, -0.15) is 5.10 Å². The molecule has 2 aliphatic rings. The van der Waals surface area contributed by atoms with Crippen LogP contribution in [-0.2, 0) is 22.4 Å². The Morgan fingerprint density at radius 3 is 2.76 bits per heavy atom. The molecule has 1 atom stereocenters. The monoisotopic (exact) mass is 691 g/mol. The summed E-state index contributed by atoms with van der Waals surface area (Å²) in [6.45, 7) is 7.72. The average Bonchev–Trinajstić information content (AvgIpc) is 3.71. The van der Waals surface area contributed by atoms with E-state index in [4.69, 9.17) is 19.6 Å². The largest absolute Gasteiger partial charge is 0.444 e. The van der Waals surface area contributed by atoms with Crippen molar-refractivity contribution >= 4 is 49.9 Å². The third kappa shape index (κ3) is 6.78. The van der Waals surface area contributed by atoms with Gasteiger partial charge in [-0.25, -0.2) is 14.5 Å². The first-order chi connectivity index (χ1) is 21.7. The lowest BCUT2D eigenvalue weighted by Gasteiger charge is -2.33. The predicted molar refractivity (Wildman–Crippen MR) is 177 cm³/mol. The van der Waals surface area contributed by atoms with E-state index in [0.29, 0.717) is 18.9 Å². The molecule has 45 heavy (non-hydrogen) atoms. The van der Waals surface area contributed by atoms with Crippen molar-refractivity contribution in [3.8, 4) is 10.6 Å². The fourth-order valence-electron chi connectivity index (χ4n) is 6.03. The Morgan fingerprint density at radius 2 is 2.00 bits per heavy atom. The van der Waals surface area contributed by atoms with Gasteiger partial charge in [0.2, 0.25) is 0 Å². The number of pyridine rings is 1. The van der Waals surface area contributed by atoms with Crippen molar-refractivity contribution < 1.29 is 14.3 Å². The molecule has 5 aromatic rings. The zero-order chi connectivity index (χ0) is 31.1. The highest BCUT2D eigenvalue weighted by Crippen LogP contribution is 2.36. The number of carbonyl (C=O) groups is 1. The van der Waals surface area contributed by atoms with E-state index in [2.05, 4.69) is 44.5 Å². The molecule has 5 heterocycles. The van der Waals surface area contributed by atoms with E-state index < -0.39 is 5.60 Å². The molecule has 10 nitrogen and oxygen atoms in total. The lowest BCUT2D eigenvalue weighted by molar-refractivity contribution is -0.0366. The number of imidazole rings is 1. The molecule has 1 aliphatic carbocycles.